The summed E-state index contributed by atoms with van der Waals surface area (Å²) in [4.78, 5) is 22.7. The quantitative estimate of drug-likeness (QED) is 0.543. The van der Waals surface area contributed by atoms with Gasteiger partial charge in [-0.15, -0.1) is 0 Å². The molecule has 0 aromatic carbocycles. The van der Waals surface area contributed by atoms with Gasteiger partial charge in [-0.25, -0.2) is 0 Å². The molecule has 3 heteroatoms. The SMILES string of the molecule is CC1C(=O)NC(=O)C12CCCC2. The van der Waals surface area contributed by atoms with Gasteiger partial charge < -0.3 is 0 Å². The Morgan fingerprint density at radius 2 is 1.92 bits per heavy atom. The van der Waals surface area contributed by atoms with Crippen molar-refractivity contribution in [2.45, 2.75) is 32.6 Å². The molecule has 1 atom stereocenters. The maximum atomic E-state index is 11.5. The van der Waals surface area contributed by atoms with Gasteiger partial charge in [0.2, 0.25) is 11.8 Å². The Hall–Kier alpha value is -0.860. The highest BCUT2D eigenvalue weighted by molar-refractivity contribution is 6.07. The van der Waals surface area contributed by atoms with Crippen molar-refractivity contribution in [1.29, 1.82) is 0 Å². The van der Waals surface area contributed by atoms with E-state index in [9.17, 15) is 9.59 Å². The second-order valence-corrected chi connectivity index (χ2v) is 3.90. The first kappa shape index (κ1) is 7.77. The van der Waals surface area contributed by atoms with Crippen molar-refractivity contribution in [3.63, 3.8) is 0 Å². The molecule has 1 spiro atoms. The fraction of sp³-hybridized carbons (Fsp3) is 0.778. The summed E-state index contributed by atoms with van der Waals surface area (Å²) in [5.41, 5.74) is -0.322. The summed E-state index contributed by atoms with van der Waals surface area (Å²) in [6.45, 7) is 1.87. The first-order valence-electron chi connectivity index (χ1n) is 4.52. The van der Waals surface area contributed by atoms with Gasteiger partial charge in [-0.05, 0) is 12.8 Å². The Morgan fingerprint density at radius 3 is 2.33 bits per heavy atom. The highest BCUT2D eigenvalue weighted by Crippen LogP contribution is 2.47. The molecule has 0 aromatic heterocycles. The maximum absolute atomic E-state index is 11.5. The molecule has 1 N–H and O–H groups in total. The van der Waals surface area contributed by atoms with Crippen molar-refractivity contribution >= 4 is 11.8 Å². The van der Waals surface area contributed by atoms with E-state index in [-0.39, 0.29) is 23.1 Å². The monoisotopic (exact) mass is 167 g/mol. The van der Waals surface area contributed by atoms with E-state index in [0.717, 1.165) is 25.7 Å². The van der Waals surface area contributed by atoms with Crippen LogP contribution in [0.25, 0.3) is 0 Å². The average Bonchev–Trinajstić information content (AvgIpc) is 2.57. The molecule has 2 fully saturated rings. The number of rotatable bonds is 0. The van der Waals surface area contributed by atoms with E-state index in [0.29, 0.717) is 0 Å². The predicted octanol–water partition coefficient (Wildman–Crippen LogP) is 0.839. The first-order chi connectivity index (χ1) is 5.67. The molecule has 1 aliphatic heterocycles. The molecule has 2 rings (SSSR count). The van der Waals surface area contributed by atoms with Crippen LogP contribution in [0.3, 0.4) is 0 Å². The van der Waals surface area contributed by atoms with Crippen molar-refractivity contribution in [2.75, 3.05) is 0 Å². The molecule has 1 aliphatic carbocycles. The van der Waals surface area contributed by atoms with Gasteiger partial charge in [-0.3, -0.25) is 14.9 Å². The summed E-state index contributed by atoms with van der Waals surface area (Å²) in [5, 5.41) is 2.42. The number of nitrogens with one attached hydrogen (secondary N) is 1. The van der Waals surface area contributed by atoms with Gasteiger partial charge in [0.15, 0.2) is 0 Å². The summed E-state index contributed by atoms with van der Waals surface area (Å²) in [6.07, 6.45) is 3.97. The zero-order valence-corrected chi connectivity index (χ0v) is 7.22. The molecule has 1 unspecified atom stereocenters. The van der Waals surface area contributed by atoms with Crippen molar-refractivity contribution in [1.82, 2.24) is 5.32 Å². The smallest absolute Gasteiger partial charge is 0.233 e. The van der Waals surface area contributed by atoms with Crippen LogP contribution >= 0.6 is 0 Å². The van der Waals surface area contributed by atoms with E-state index in [1.54, 1.807) is 0 Å². The number of imide groups is 1. The molecule has 2 amide bonds. The molecule has 2 aliphatic rings. The summed E-state index contributed by atoms with van der Waals surface area (Å²) < 4.78 is 0. The summed E-state index contributed by atoms with van der Waals surface area (Å²) in [6, 6.07) is 0. The van der Waals surface area contributed by atoms with Gasteiger partial charge >= 0.3 is 0 Å². The Labute approximate surface area is 71.5 Å². The number of hydrogen-bond donors (Lipinski definition) is 1. The van der Waals surface area contributed by atoms with E-state index in [1.165, 1.54) is 0 Å². The lowest BCUT2D eigenvalue weighted by Gasteiger charge is -2.22. The van der Waals surface area contributed by atoms with E-state index >= 15 is 0 Å². The van der Waals surface area contributed by atoms with Crippen LogP contribution < -0.4 is 5.32 Å². The minimum Gasteiger partial charge on any atom is -0.296 e. The highest BCUT2D eigenvalue weighted by atomic mass is 16.2. The number of amides is 2. The fourth-order valence-corrected chi connectivity index (χ4v) is 2.46. The molecule has 0 bridgehead atoms. The summed E-state index contributed by atoms with van der Waals surface area (Å²) in [7, 11) is 0. The lowest BCUT2D eigenvalue weighted by Crippen LogP contribution is -2.31. The van der Waals surface area contributed by atoms with Gasteiger partial charge in [0.05, 0.1) is 5.41 Å². The maximum Gasteiger partial charge on any atom is 0.233 e. The van der Waals surface area contributed by atoms with E-state index < -0.39 is 0 Å². The van der Waals surface area contributed by atoms with Crippen LogP contribution in [0, 0.1) is 11.3 Å². The van der Waals surface area contributed by atoms with Crippen LogP contribution in [0.1, 0.15) is 32.6 Å². The van der Waals surface area contributed by atoms with Crippen LogP contribution in [0.4, 0.5) is 0 Å². The average molecular weight is 167 g/mol. The normalized spacial score (nSPS) is 32.9. The third-order valence-electron chi connectivity index (χ3n) is 3.41. The highest BCUT2D eigenvalue weighted by Gasteiger charge is 2.53. The van der Waals surface area contributed by atoms with E-state index in [4.69, 9.17) is 0 Å². The lowest BCUT2D eigenvalue weighted by atomic mass is 9.77. The molecule has 1 saturated heterocycles. The lowest BCUT2D eigenvalue weighted by molar-refractivity contribution is -0.128. The van der Waals surface area contributed by atoms with Crippen LogP contribution in [0.2, 0.25) is 0 Å². The first-order valence-corrected chi connectivity index (χ1v) is 4.52. The zero-order valence-electron chi connectivity index (χ0n) is 7.22. The Morgan fingerprint density at radius 1 is 1.33 bits per heavy atom. The van der Waals surface area contributed by atoms with Crippen molar-refractivity contribution in [3.8, 4) is 0 Å². The topological polar surface area (TPSA) is 46.2 Å². The second-order valence-electron chi connectivity index (χ2n) is 3.90. The minimum atomic E-state index is -0.322. The Balaban J connectivity index is 2.34. The molecular weight excluding hydrogens is 154 g/mol. The van der Waals surface area contributed by atoms with Gasteiger partial charge in [-0.1, -0.05) is 19.8 Å². The number of carbonyl (C=O) groups excluding carboxylic acids is 2. The number of hydrogen-bond acceptors (Lipinski definition) is 2. The largest absolute Gasteiger partial charge is 0.296 e. The van der Waals surface area contributed by atoms with Gasteiger partial charge in [0.25, 0.3) is 0 Å². The summed E-state index contributed by atoms with van der Waals surface area (Å²) in [5.74, 6) is -0.216. The third-order valence-corrected chi connectivity index (χ3v) is 3.41. The fourth-order valence-electron chi connectivity index (χ4n) is 2.46. The van der Waals surface area contributed by atoms with Gasteiger partial charge in [0.1, 0.15) is 0 Å². The van der Waals surface area contributed by atoms with Crippen LogP contribution in [-0.4, -0.2) is 11.8 Å². The Kier molecular flexibility index (Phi) is 1.50. The molecule has 12 heavy (non-hydrogen) atoms. The minimum absolute atomic E-state index is 0.0301. The van der Waals surface area contributed by atoms with Crippen LogP contribution in [0.5, 0.6) is 0 Å². The molecule has 1 saturated carbocycles. The number of carbonyl (C=O) groups is 2. The van der Waals surface area contributed by atoms with Crippen molar-refractivity contribution < 1.29 is 9.59 Å². The predicted molar refractivity (Wildman–Crippen MR) is 43.2 cm³/mol. The third kappa shape index (κ3) is 0.765. The summed E-state index contributed by atoms with van der Waals surface area (Å²) >= 11 is 0. The molecular formula is C9H13NO2. The van der Waals surface area contributed by atoms with E-state index in [1.807, 2.05) is 6.92 Å². The molecule has 0 radical (unpaired) electrons. The van der Waals surface area contributed by atoms with Crippen LogP contribution in [-0.2, 0) is 9.59 Å². The van der Waals surface area contributed by atoms with E-state index in [2.05, 4.69) is 5.32 Å². The zero-order chi connectivity index (χ0) is 8.77. The second kappa shape index (κ2) is 2.31. The van der Waals surface area contributed by atoms with Gasteiger partial charge in [0, 0.05) is 5.92 Å². The molecule has 3 nitrogen and oxygen atoms in total. The standard InChI is InChI=1S/C9H13NO2/c1-6-7(11)10-8(12)9(6)4-2-3-5-9/h6H,2-5H2,1H3,(H,10,11,12). The molecule has 0 aromatic rings. The van der Waals surface area contributed by atoms with Crippen molar-refractivity contribution in [2.24, 2.45) is 11.3 Å². The van der Waals surface area contributed by atoms with Gasteiger partial charge in [-0.2, -0.15) is 0 Å². The van der Waals surface area contributed by atoms with Crippen molar-refractivity contribution in [3.05, 3.63) is 0 Å². The Bertz CT molecular complexity index is 241. The van der Waals surface area contributed by atoms with Crippen LogP contribution in [0.15, 0.2) is 0 Å². The molecule has 1 heterocycles. The molecule has 66 valence electrons.